The highest BCUT2D eigenvalue weighted by Crippen LogP contribution is 1.99. The van der Waals surface area contributed by atoms with Crippen molar-refractivity contribution in [1.82, 2.24) is 9.97 Å². The molecule has 23 heavy (non-hydrogen) atoms. The van der Waals surface area contributed by atoms with Crippen molar-refractivity contribution in [2.75, 3.05) is 22.8 Å². The van der Waals surface area contributed by atoms with E-state index in [1.807, 2.05) is 12.1 Å². The van der Waals surface area contributed by atoms with Gasteiger partial charge in [0.05, 0.1) is 5.88 Å². The van der Waals surface area contributed by atoms with Gasteiger partial charge in [-0.1, -0.05) is 12.1 Å². The van der Waals surface area contributed by atoms with Crippen molar-refractivity contribution in [3.05, 3.63) is 48.8 Å². The van der Waals surface area contributed by atoms with E-state index in [9.17, 15) is 9.59 Å². The fourth-order valence-corrected chi connectivity index (χ4v) is 1.06. The summed E-state index contributed by atoms with van der Waals surface area (Å²) in [6, 6.07) is 10.7. The fourth-order valence-electron chi connectivity index (χ4n) is 0.989. The minimum Gasteiger partial charge on any atom is -0.384 e. The second-order valence-electron chi connectivity index (χ2n) is 3.64. The van der Waals surface area contributed by atoms with Gasteiger partial charge in [-0.25, -0.2) is 9.97 Å². The smallest absolute Gasteiger partial charge is 0.240 e. The Kier molecular flexibility index (Phi) is 12.6. The maximum atomic E-state index is 10.7. The van der Waals surface area contributed by atoms with Gasteiger partial charge in [0.15, 0.2) is 0 Å². The number of amides is 1. The number of rotatable bonds is 3. The summed E-state index contributed by atoms with van der Waals surface area (Å²) < 4.78 is 0. The van der Waals surface area contributed by atoms with Gasteiger partial charge in [0.1, 0.15) is 17.5 Å². The van der Waals surface area contributed by atoms with E-state index in [0.717, 1.165) is 0 Å². The van der Waals surface area contributed by atoms with Crippen LogP contribution in [0.2, 0.25) is 0 Å². The molecule has 0 aliphatic heterocycles. The molecule has 0 aliphatic rings. The minimum absolute atomic E-state index is 0.0451. The molecule has 3 N–H and O–H groups in total. The van der Waals surface area contributed by atoms with Gasteiger partial charge in [-0.05, 0) is 35.9 Å². The van der Waals surface area contributed by atoms with Gasteiger partial charge in [0, 0.05) is 12.4 Å². The molecule has 9 heteroatoms. The molecule has 0 aromatic carbocycles. The molecular formula is C14H15Cl3N4O2. The van der Waals surface area contributed by atoms with Gasteiger partial charge in [-0.2, -0.15) is 0 Å². The van der Waals surface area contributed by atoms with Gasteiger partial charge >= 0.3 is 0 Å². The number of halogens is 3. The van der Waals surface area contributed by atoms with Gasteiger partial charge in [-0.3, -0.25) is 9.59 Å². The van der Waals surface area contributed by atoms with Gasteiger partial charge in [0.2, 0.25) is 11.1 Å². The Hall–Kier alpha value is -1.89. The van der Waals surface area contributed by atoms with Gasteiger partial charge in [0.25, 0.3) is 0 Å². The maximum absolute atomic E-state index is 10.7. The minimum atomic E-state index is -0.508. The third-order valence-corrected chi connectivity index (χ3v) is 2.60. The van der Waals surface area contributed by atoms with Crippen LogP contribution in [-0.2, 0) is 9.59 Å². The third kappa shape index (κ3) is 13.5. The first-order valence-corrected chi connectivity index (χ1v) is 7.62. The van der Waals surface area contributed by atoms with E-state index in [2.05, 4.69) is 15.3 Å². The molecule has 0 aliphatic carbocycles. The molecule has 2 aromatic heterocycles. The van der Waals surface area contributed by atoms with Crippen LogP contribution in [0.25, 0.3) is 0 Å². The summed E-state index contributed by atoms with van der Waals surface area (Å²) in [6.45, 7) is 0. The Labute approximate surface area is 149 Å². The Balaban J connectivity index is 0.000000347. The molecule has 0 atom stereocenters. The molecule has 2 aromatic rings. The van der Waals surface area contributed by atoms with E-state index in [4.69, 9.17) is 40.5 Å². The van der Waals surface area contributed by atoms with E-state index in [1.165, 1.54) is 0 Å². The molecule has 0 unspecified atom stereocenters. The molecular weight excluding hydrogens is 363 g/mol. The number of aromatic nitrogens is 2. The zero-order valence-corrected chi connectivity index (χ0v) is 14.2. The Bertz CT molecular complexity index is 571. The number of nitrogens with one attached hydrogen (secondary N) is 1. The van der Waals surface area contributed by atoms with E-state index >= 15 is 0 Å². The zero-order chi connectivity index (χ0) is 17.5. The molecule has 0 radical (unpaired) electrons. The summed E-state index contributed by atoms with van der Waals surface area (Å²) >= 11 is 14.8. The maximum Gasteiger partial charge on any atom is 0.240 e. The average molecular weight is 378 g/mol. The normalized spacial score (nSPS) is 8.65. The number of alkyl halides is 2. The topological polar surface area (TPSA) is 98.0 Å². The van der Waals surface area contributed by atoms with Crippen LogP contribution in [0.5, 0.6) is 0 Å². The summed E-state index contributed by atoms with van der Waals surface area (Å²) in [5.74, 6) is 0.712. The molecule has 0 spiro atoms. The Morgan fingerprint density at radius 3 is 1.87 bits per heavy atom. The van der Waals surface area contributed by atoms with Crippen molar-refractivity contribution in [3.8, 4) is 0 Å². The lowest BCUT2D eigenvalue weighted by Crippen LogP contribution is -2.13. The first-order chi connectivity index (χ1) is 11.0. The van der Waals surface area contributed by atoms with Crippen molar-refractivity contribution >= 4 is 57.6 Å². The number of nitrogens with two attached hydrogens (primary N) is 1. The second-order valence-corrected chi connectivity index (χ2v) is 4.60. The monoisotopic (exact) mass is 376 g/mol. The van der Waals surface area contributed by atoms with Crippen molar-refractivity contribution in [3.63, 3.8) is 0 Å². The molecule has 1 amide bonds. The number of nitrogen functional groups attached to an aromatic ring is 1. The van der Waals surface area contributed by atoms with Crippen LogP contribution in [0.15, 0.2) is 48.8 Å². The van der Waals surface area contributed by atoms with Crippen LogP contribution in [0, 0.1) is 0 Å². The second kappa shape index (κ2) is 13.8. The molecule has 0 fully saturated rings. The molecule has 6 nitrogen and oxygen atoms in total. The zero-order valence-electron chi connectivity index (χ0n) is 12.0. The lowest BCUT2D eigenvalue weighted by molar-refractivity contribution is -0.114. The number of hydrogen-bond acceptors (Lipinski definition) is 5. The Morgan fingerprint density at radius 2 is 1.57 bits per heavy atom. The largest absolute Gasteiger partial charge is 0.384 e. The summed E-state index contributed by atoms with van der Waals surface area (Å²) in [5.41, 5.74) is 5.25. The molecule has 2 heterocycles. The van der Waals surface area contributed by atoms with Crippen LogP contribution < -0.4 is 11.1 Å². The predicted octanol–water partition coefficient (Wildman–Crippen LogP) is 2.91. The summed E-state index contributed by atoms with van der Waals surface area (Å²) in [5, 5.41) is 2.00. The number of pyridine rings is 2. The van der Waals surface area contributed by atoms with Crippen molar-refractivity contribution in [1.29, 1.82) is 0 Å². The fraction of sp³-hybridized carbons (Fsp3) is 0.143. The number of hydrogen-bond donors (Lipinski definition) is 2. The van der Waals surface area contributed by atoms with Gasteiger partial charge < -0.3 is 11.1 Å². The first-order valence-electron chi connectivity index (χ1n) is 6.17. The predicted molar refractivity (Wildman–Crippen MR) is 93.8 cm³/mol. The van der Waals surface area contributed by atoms with Crippen LogP contribution in [0.4, 0.5) is 11.6 Å². The average Bonchev–Trinajstić information content (AvgIpc) is 2.57. The van der Waals surface area contributed by atoms with Crippen LogP contribution in [-0.4, -0.2) is 32.9 Å². The lowest BCUT2D eigenvalue weighted by Gasteiger charge is -1.98. The van der Waals surface area contributed by atoms with Crippen LogP contribution in [0.1, 0.15) is 0 Å². The molecule has 0 saturated carbocycles. The molecule has 124 valence electrons. The van der Waals surface area contributed by atoms with E-state index in [0.29, 0.717) is 11.6 Å². The highest BCUT2D eigenvalue weighted by Gasteiger charge is 1.97. The quantitative estimate of drug-likeness (QED) is 0.633. The number of carbonyl (C=O) groups excluding carboxylic acids is 2. The van der Waals surface area contributed by atoms with E-state index in [1.54, 1.807) is 36.7 Å². The lowest BCUT2D eigenvalue weighted by atomic mass is 10.4. The molecule has 2 rings (SSSR count). The molecule has 0 saturated heterocycles. The van der Waals surface area contributed by atoms with Crippen LogP contribution >= 0.6 is 34.8 Å². The first kappa shape index (κ1) is 21.1. The number of carbonyl (C=O) groups is 2. The third-order valence-electron chi connectivity index (χ3n) is 1.85. The standard InChI is InChI=1S/C7H7ClN2O.C5H6N2.C2H2Cl2O/c8-5-7(11)10-6-3-1-2-4-9-6;6-5-3-1-2-4-7-5;3-1-2(4)5/h1-4H,5H2,(H,9,10,11);1-4H,(H2,6,7);1H2. The highest BCUT2D eigenvalue weighted by atomic mass is 35.5. The van der Waals surface area contributed by atoms with Crippen molar-refractivity contribution in [2.24, 2.45) is 0 Å². The molecule has 0 bridgehead atoms. The van der Waals surface area contributed by atoms with E-state index < -0.39 is 5.24 Å². The Morgan fingerprint density at radius 1 is 1.00 bits per heavy atom. The van der Waals surface area contributed by atoms with Gasteiger partial charge in [-0.15, -0.1) is 23.2 Å². The SMILES string of the molecule is Nc1ccccn1.O=C(CCl)Nc1ccccn1.O=C(Cl)CCl. The summed E-state index contributed by atoms with van der Waals surface area (Å²) in [7, 11) is 0. The van der Waals surface area contributed by atoms with Crippen LogP contribution in [0.3, 0.4) is 0 Å². The number of anilines is 2. The van der Waals surface area contributed by atoms with Crippen molar-refractivity contribution < 1.29 is 9.59 Å². The van der Waals surface area contributed by atoms with E-state index in [-0.39, 0.29) is 17.7 Å². The van der Waals surface area contributed by atoms with Crippen molar-refractivity contribution in [2.45, 2.75) is 0 Å². The number of nitrogens with zero attached hydrogens (tertiary/aromatic N) is 2. The highest BCUT2D eigenvalue weighted by molar-refractivity contribution is 6.67. The summed E-state index contributed by atoms with van der Waals surface area (Å²) in [6.07, 6.45) is 3.26. The summed E-state index contributed by atoms with van der Waals surface area (Å²) in [4.78, 5) is 27.8.